The molecule has 2 aliphatic heterocycles. The van der Waals surface area contributed by atoms with Crippen LogP contribution in [0.4, 0.5) is 15.8 Å². The summed E-state index contributed by atoms with van der Waals surface area (Å²) in [6.07, 6.45) is 3.16. The predicted octanol–water partition coefficient (Wildman–Crippen LogP) is 3.84. The van der Waals surface area contributed by atoms with E-state index in [-0.39, 0.29) is 30.1 Å². The van der Waals surface area contributed by atoms with Crippen LogP contribution in [0.25, 0.3) is 0 Å². The molecule has 0 spiro atoms. The van der Waals surface area contributed by atoms with Gasteiger partial charge in [-0.05, 0) is 75.0 Å². The molecule has 0 aromatic heterocycles. The molecule has 1 atom stereocenters. The Bertz CT molecular complexity index is 924. The van der Waals surface area contributed by atoms with Crippen molar-refractivity contribution in [3.8, 4) is 0 Å². The summed E-state index contributed by atoms with van der Waals surface area (Å²) < 4.78 is 13.4. The quantitative estimate of drug-likeness (QED) is 0.835. The van der Waals surface area contributed by atoms with Crippen molar-refractivity contribution in [2.45, 2.75) is 38.6 Å². The number of hydrogen-bond acceptors (Lipinski definition) is 3. The van der Waals surface area contributed by atoms with Crippen molar-refractivity contribution in [2.75, 3.05) is 29.9 Å². The van der Waals surface area contributed by atoms with E-state index in [1.807, 2.05) is 37.3 Å². The number of para-hydroxylation sites is 2. The number of rotatable bonds is 4. The van der Waals surface area contributed by atoms with Crippen LogP contribution in [0.3, 0.4) is 0 Å². The number of anilines is 2. The highest BCUT2D eigenvalue weighted by molar-refractivity contribution is 6.04. The zero-order valence-electron chi connectivity index (χ0n) is 17.3. The van der Waals surface area contributed by atoms with E-state index in [0.717, 1.165) is 43.6 Å². The van der Waals surface area contributed by atoms with Crippen molar-refractivity contribution in [3.05, 3.63) is 59.9 Å². The molecule has 0 radical (unpaired) electrons. The SMILES string of the molecule is CC1CC(=O)Nc2ccccc2N1C(=O)CN1CCC(Cc2cccc(F)c2)CC1. The van der Waals surface area contributed by atoms with Gasteiger partial charge >= 0.3 is 0 Å². The Morgan fingerprint density at radius 2 is 1.90 bits per heavy atom. The van der Waals surface area contributed by atoms with Gasteiger partial charge in [0.25, 0.3) is 0 Å². The average molecular weight is 410 g/mol. The molecular formula is C24H28FN3O2. The molecule has 30 heavy (non-hydrogen) atoms. The van der Waals surface area contributed by atoms with Crippen LogP contribution in [-0.4, -0.2) is 42.4 Å². The monoisotopic (exact) mass is 409 g/mol. The van der Waals surface area contributed by atoms with E-state index >= 15 is 0 Å². The molecule has 0 aliphatic carbocycles. The molecule has 0 bridgehead atoms. The molecule has 2 heterocycles. The third kappa shape index (κ3) is 4.70. The summed E-state index contributed by atoms with van der Waals surface area (Å²) in [6, 6.07) is 14.1. The zero-order chi connectivity index (χ0) is 21.1. The second-order valence-electron chi connectivity index (χ2n) is 8.44. The van der Waals surface area contributed by atoms with Gasteiger partial charge in [-0.3, -0.25) is 14.5 Å². The lowest BCUT2D eigenvalue weighted by Crippen LogP contribution is -2.47. The molecule has 2 aromatic rings. The Labute approximate surface area is 176 Å². The summed E-state index contributed by atoms with van der Waals surface area (Å²) in [5, 5.41) is 2.90. The molecule has 1 N–H and O–H groups in total. The first-order valence-electron chi connectivity index (χ1n) is 10.7. The summed E-state index contributed by atoms with van der Waals surface area (Å²) in [4.78, 5) is 29.3. The maximum atomic E-state index is 13.4. The molecule has 2 aromatic carbocycles. The van der Waals surface area contributed by atoms with Crippen LogP contribution in [-0.2, 0) is 16.0 Å². The number of nitrogens with one attached hydrogen (secondary N) is 1. The minimum Gasteiger partial charge on any atom is -0.324 e. The van der Waals surface area contributed by atoms with Gasteiger partial charge in [-0.1, -0.05) is 24.3 Å². The Morgan fingerprint density at radius 3 is 2.67 bits per heavy atom. The first-order valence-corrected chi connectivity index (χ1v) is 10.7. The topological polar surface area (TPSA) is 52.7 Å². The maximum Gasteiger partial charge on any atom is 0.241 e. The number of hydrogen-bond donors (Lipinski definition) is 1. The van der Waals surface area contributed by atoms with Gasteiger partial charge in [-0.2, -0.15) is 0 Å². The minimum atomic E-state index is -0.188. The highest BCUT2D eigenvalue weighted by Crippen LogP contribution is 2.31. The van der Waals surface area contributed by atoms with E-state index in [9.17, 15) is 14.0 Å². The van der Waals surface area contributed by atoms with E-state index in [2.05, 4.69) is 10.2 Å². The largest absolute Gasteiger partial charge is 0.324 e. The smallest absolute Gasteiger partial charge is 0.241 e. The molecule has 4 rings (SSSR count). The highest BCUT2D eigenvalue weighted by Gasteiger charge is 2.31. The number of carbonyl (C=O) groups excluding carboxylic acids is 2. The van der Waals surface area contributed by atoms with Gasteiger partial charge in [0.2, 0.25) is 11.8 Å². The van der Waals surface area contributed by atoms with Crippen molar-refractivity contribution < 1.29 is 14.0 Å². The van der Waals surface area contributed by atoms with Crippen LogP contribution in [0, 0.1) is 11.7 Å². The standard InChI is InChI=1S/C24H28FN3O2/c1-17-13-23(29)26-21-7-2-3-8-22(21)28(17)24(30)16-27-11-9-18(10-12-27)14-19-5-4-6-20(25)15-19/h2-8,15,17-18H,9-14,16H2,1H3,(H,26,29). The molecule has 158 valence electrons. The van der Waals surface area contributed by atoms with Gasteiger partial charge in [-0.15, -0.1) is 0 Å². The number of nitrogens with zero attached hydrogens (tertiary/aromatic N) is 2. The third-order valence-electron chi connectivity index (χ3n) is 6.11. The Balaban J connectivity index is 1.37. The Hall–Kier alpha value is -2.73. The maximum absolute atomic E-state index is 13.4. The summed E-state index contributed by atoms with van der Waals surface area (Å²) >= 11 is 0. The number of benzene rings is 2. The first-order chi connectivity index (χ1) is 14.5. The Kier molecular flexibility index (Phi) is 6.13. The number of piperidine rings is 1. The summed E-state index contributed by atoms with van der Waals surface area (Å²) in [5.41, 5.74) is 2.49. The first kappa shape index (κ1) is 20.5. The molecule has 0 saturated carbocycles. The van der Waals surface area contributed by atoms with E-state index in [1.54, 1.807) is 17.0 Å². The predicted molar refractivity (Wildman–Crippen MR) is 116 cm³/mol. The number of halogens is 1. The van der Waals surface area contributed by atoms with Crippen molar-refractivity contribution in [3.63, 3.8) is 0 Å². The molecule has 6 heteroatoms. The van der Waals surface area contributed by atoms with E-state index in [4.69, 9.17) is 0 Å². The van der Waals surface area contributed by atoms with Crippen LogP contribution in [0.15, 0.2) is 48.5 Å². The van der Waals surface area contributed by atoms with Crippen molar-refractivity contribution >= 4 is 23.2 Å². The average Bonchev–Trinajstić information content (AvgIpc) is 2.83. The molecule has 1 fully saturated rings. The lowest BCUT2D eigenvalue weighted by atomic mass is 9.90. The Morgan fingerprint density at radius 1 is 1.13 bits per heavy atom. The van der Waals surface area contributed by atoms with Crippen LogP contribution < -0.4 is 10.2 Å². The molecule has 1 saturated heterocycles. The molecule has 5 nitrogen and oxygen atoms in total. The minimum absolute atomic E-state index is 0.0232. The summed E-state index contributed by atoms with van der Waals surface area (Å²) in [6.45, 7) is 3.98. The second-order valence-corrected chi connectivity index (χ2v) is 8.44. The lowest BCUT2D eigenvalue weighted by Gasteiger charge is -2.34. The van der Waals surface area contributed by atoms with E-state index < -0.39 is 0 Å². The van der Waals surface area contributed by atoms with Crippen molar-refractivity contribution in [2.24, 2.45) is 5.92 Å². The zero-order valence-corrected chi connectivity index (χ0v) is 17.3. The fraction of sp³-hybridized carbons (Fsp3) is 0.417. The van der Waals surface area contributed by atoms with Crippen molar-refractivity contribution in [1.82, 2.24) is 4.90 Å². The molecule has 2 aliphatic rings. The number of fused-ring (bicyclic) bond motifs is 1. The summed E-state index contributed by atoms with van der Waals surface area (Å²) in [7, 11) is 0. The fourth-order valence-electron chi connectivity index (χ4n) is 4.58. The van der Waals surface area contributed by atoms with Gasteiger partial charge < -0.3 is 10.2 Å². The van der Waals surface area contributed by atoms with E-state index in [1.165, 1.54) is 6.07 Å². The highest BCUT2D eigenvalue weighted by atomic mass is 19.1. The van der Waals surface area contributed by atoms with Crippen LogP contribution in [0.2, 0.25) is 0 Å². The number of carbonyl (C=O) groups is 2. The summed E-state index contributed by atoms with van der Waals surface area (Å²) in [5.74, 6) is 0.284. The van der Waals surface area contributed by atoms with Crippen LogP contribution in [0.5, 0.6) is 0 Å². The lowest BCUT2D eigenvalue weighted by molar-refractivity contribution is -0.120. The molecule has 1 unspecified atom stereocenters. The van der Waals surface area contributed by atoms with Gasteiger partial charge in [0.15, 0.2) is 0 Å². The second kappa shape index (κ2) is 8.96. The van der Waals surface area contributed by atoms with Gasteiger partial charge in [0, 0.05) is 12.5 Å². The van der Waals surface area contributed by atoms with Crippen LogP contribution in [0.1, 0.15) is 31.7 Å². The third-order valence-corrected chi connectivity index (χ3v) is 6.11. The fourth-order valence-corrected chi connectivity index (χ4v) is 4.58. The molecular weight excluding hydrogens is 381 g/mol. The van der Waals surface area contributed by atoms with Crippen molar-refractivity contribution in [1.29, 1.82) is 0 Å². The normalized spacial score (nSPS) is 20.4. The van der Waals surface area contributed by atoms with Gasteiger partial charge in [-0.25, -0.2) is 4.39 Å². The van der Waals surface area contributed by atoms with Gasteiger partial charge in [0.1, 0.15) is 5.82 Å². The number of likely N-dealkylation sites (tertiary alicyclic amines) is 1. The van der Waals surface area contributed by atoms with Crippen LogP contribution >= 0.6 is 0 Å². The molecule has 2 amide bonds. The van der Waals surface area contributed by atoms with E-state index in [0.29, 0.717) is 18.2 Å². The van der Waals surface area contributed by atoms with Gasteiger partial charge in [0.05, 0.1) is 17.9 Å². The number of amides is 2.